The van der Waals surface area contributed by atoms with Crippen molar-refractivity contribution >= 4 is 20.1 Å². The summed E-state index contributed by atoms with van der Waals surface area (Å²) in [6, 6.07) is -0.146. The van der Waals surface area contributed by atoms with Crippen LogP contribution in [0.1, 0.15) is 25.7 Å². The zero-order chi connectivity index (χ0) is 20.9. The van der Waals surface area contributed by atoms with Crippen LogP contribution in [0.5, 0.6) is 0 Å². The molecule has 15 heteroatoms. The van der Waals surface area contributed by atoms with Crippen LogP contribution in [0.3, 0.4) is 0 Å². The van der Waals surface area contributed by atoms with E-state index in [1.807, 2.05) is 4.90 Å². The molecule has 2 rings (SSSR count). The van der Waals surface area contributed by atoms with Crippen LogP contribution < -0.4 is 0 Å². The van der Waals surface area contributed by atoms with Gasteiger partial charge in [0, 0.05) is 19.1 Å². The highest BCUT2D eigenvalue weighted by Crippen LogP contribution is 2.51. The lowest BCUT2D eigenvalue weighted by Gasteiger charge is -2.38. The van der Waals surface area contributed by atoms with Gasteiger partial charge in [0.15, 0.2) is 0 Å². The first-order valence-electron chi connectivity index (χ1n) is 7.91. The van der Waals surface area contributed by atoms with Crippen molar-refractivity contribution in [2.75, 3.05) is 26.2 Å². The highest BCUT2D eigenvalue weighted by atomic mass is 32.2. The molecular weight excluding hydrogens is 430 g/mol. The number of hydrogen-bond donors (Lipinski definition) is 1. The molecule has 0 aromatic rings. The molecule has 0 radical (unpaired) electrons. The predicted molar refractivity (Wildman–Crippen MR) is 80.7 cm³/mol. The number of nitrogens with zero attached hydrogens (tertiary/aromatic N) is 2. The lowest BCUT2D eigenvalue weighted by molar-refractivity contribution is -0.247. The summed E-state index contributed by atoms with van der Waals surface area (Å²) in [6.07, 6.45) is 1.90. The number of likely N-dealkylation sites (tertiary alicyclic amines) is 1. The largest absolute Gasteiger partial charge is 0.439 e. The third kappa shape index (κ3) is 3.56. The minimum absolute atomic E-state index is 0.0373. The molecule has 27 heavy (non-hydrogen) atoms. The molecule has 2 heterocycles. The minimum atomic E-state index is -7.01. The molecule has 2 aliphatic heterocycles. The topological polar surface area (TPSA) is 95.0 Å². The van der Waals surface area contributed by atoms with Gasteiger partial charge >= 0.3 is 26.5 Å². The van der Waals surface area contributed by atoms with Gasteiger partial charge in [-0.1, -0.05) is 0 Å². The second-order valence-corrected chi connectivity index (χ2v) is 9.90. The van der Waals surface area contributed by atoms with E-state index in [0.717, 1.165) is 25.9 Å². The van der Waals surface area contributed by atoms with E-state index in [-0.39, 0.29) is 23.2 Å². The Morgan fingerprint density at radius 1 is 0.778 bits per heavy atom. The fraction of sp³-hybridized carbons (Fsp3) is 1.00. The fourth-order valence-corrected chi connectivity index (χ4v) is 5.19. The first-order valence-corrected chi connectivity index (χ1v) is 10.8. The van der Waals surface area contributed by atoms with E-state index in [9.17, 15) is 43.2 Å². The van der Waals surface area contributed by atoms with E-state index in [4.69, 9.17) is 4.55 Å². The van der Waals surface area contributed by atoms with Crippen molar-refractivity contribution in [3.05, 3.63) is 0 Å². The summed E-state index contributed by atoms with van der Waals surface area (Å²) in [5, 5.41) is -13.2. The highest BCUT2D eigenvalue weighted by molar-refractivity contribution is 7.90. The van der Waals surface area contributed by atoms with Crippen LogP contribution in [0.4, 0.5) is 26.3 Å². The van der Waals surface area contributed by atoms with Crippen LogP contribution in [0.2, 0.25) is 0 Å². The van der Waals surface area contributed by atoms with Crippen LogP contribution in [-0.4, -0.2) is 79.2 Å². The molecule has 7 nitrogen and oxygen atoms in total. The van der Waals surface area contributed by atoms with Gasteiger partial charge in [-0.3, -0.25) is 4.55 Å². The Hall–Kier alpha value is -0.640. The molecule has 0 saturated carbocycles. The highest BCUT2D eigenvalue weighted by Gasteiger charge is 2.82. The van der Waals surface area contributed by atoms with Crippen molar-refractivity contribution in [1.82, 2.24) is 9.21 Å². The zero-order valence-electron chi connectivity index (χ0n) is 13.8. The zero-order valence-corrected chi connectivity index (χ0v) is 15.4. The number of alkyl halides is 6. The van der Waals surface area contributed by atoms with Crippen molar-refractivity contribution in [1.29, 1.82) is 0 Å². The molecule has 1 N–H and O–H groups in total. The van der Waals surface area contributed by atoms with Gasteiger partial charge in [-0.25, -0.2) is 8.42 Å². The van der Waals surface area contributed by atoms with Crippen LogP contribution in [-0.2, 0) is 20.1 Å². The summed E-state index contributed by atoms with van der Waals surface area (Å²) in [5.41, 5.74) is 0. The van der Waals surface area contributed by atoms with Crippen molar-refractivity contribution in [3.8, 4) is 0 Å². The minimum Gasteiger partial charge on any atom is -0.300 e. The third-order valence-electron chi connectivity index (χ3n) is 4.80. The summed E-state index contributed by atoms with van der Waals surface area (Å²) in [7, 11) is -13.3. The summed E-state index contributed by atoms with van der Waals surface area (Å²) < 4.78 is 134. The first kappa shape index (κ1) is 22.6. The molecule has 0 spiro atoms. The van der Waals surface area contributed by atoms with Crippen molar-refractivity contribution in [3.63, 3.8) is 0 Å². The van der Waals surface area contributed by atoms with E-state index >= 15 is 0 Å². The van der Waals surface area contributed by atoms with Crippen LogP contribution >= 0.6 is 0 Å². The molecule has 2 fully saturated rings. The molecule has 2 aliphatic rings. The predicted octanol–water partition coefficient (Wildman–Crippen LogP) is 1.59. The van der Waals surface area contributed by atoms with E-state index in [0.29, 0.717) is 0 Å². The summed E-state index contributed by atoms with van der Waals surface area (Å²) in [6.45, 7) is 0.248. The van der Waals surface area contributed by atoms with Crippen molar-refractivity contribution in [2.45, 2.75) is 48.2 Å². The normalized spacial score (nSPS) is 23.1. The first-order chi connectivity index (χ1) is 12.1. The average Bonchev–Trinajstić information content (AvgIpc) is 3.07. The Bertz CT molecular complexity index is 759. The molecule has 0 amide bonds. The van der Waals surface area contributed by atoms with Gasteiger partial charge < -0.3 is 4.90 Å². The molecule has 0 aliphatic carbocycles. The van der Waals surface area contributed by atoms with Gasteiger partial charge in [0.05, 0.1) is 0 Å². The van der Waals surface area contributed by atoms with Crippen LogP contribution in [0, 0.1) is 0 Å². The van der Waals surface area contributed by atoms with Crippen LogP contribution in [0.25, 0.3) is 0 Å². The number of piperidine rings is 1. The quantitative estimate of drug-likeness (QED) is 0.490. The Balaban J connectivity index is 2.24. The number of hydrogen-bond acceptors (Lipinski definition) is 5. The van der Waals surface area contributed by atoms with E-state index < -0.39 is 49.7 Å². The molecule has 0 atom stereocenters. The summed E-state index contributed by atoms with van der Waals surface area (Å²) >= 11 is 0. The number of sulfonamides is 1. The maximum absolute atomic E-state index is 13.9. The smallest absolute Gasteiger partial charge is 0.300 e. The summed E-state index contributed by atoms with van der Waals surface area (Å²) in [4.78, 5) is 2.00. The lowest BCUT2D eigenvalue weighted by atomic mass is 10.1. The second kappa shape index (κ2) is 7.00. The molecule has 2 saturated heterocycles. The maximum Gasteiger partial charge on any atom is 0.439 e. The maximum atomic E-state index is 13.9. The second-order valence-electron chi connectivity index (χ2n) is 6.46. The van der Waals surface area contributed by atoms with Crippen LogP contribution in [0.15, 0.2) is 0 Å². The average molecular weight is 448 g/mol. The van der Waals surface area contributed by atoms with Crippen molar-refractivity contribution in [2.24, 2.45) is 0 Å². The lowest BCUT2D eigenvalue weighted by Crippen LogP contribution is -2.63. The van der Waals surface area contributed by atoms with E-state index in [1.54, 1.807) is 0 Å². The van der Waals surface area contributed by atoms with Gasteiger partial charge in [-0.15, -0.1) is 0 Å². The Kier molecular flexibility index (Phi) is 5.87. The number of rotatable bonds is 6. The Morgan fingerprint density at radius 2 is 1.22 bits per heavy atom. The van der Waals surface area contributed by atoms with E-state index in [1.165, 1.54) is 0 Å². The molecule has 160 valence electrons. The van der Waals surface area contributed by atoms with Crippen molar-refractivity contribution < 1.29 is 47.7 Å². The monoisotopic (exact) mass is 448 g/mol. The fourth-order valence-electron chi connectivity index (χ4n) is 3.21. The molecule has 0 aromatic heterocycles. The van der Waals surface area contributed by atoms with E-state index in [2.05, 4.69) is 0 Å². The number of halogens is 6. The molecular formula is C12H18F6N2O5S2. The van der Waals surface area contributed by atoms with Gasteiger partial charge in [0.1, 0.15) is 0 Å². The van der Waals surface area contributed by atoms with Gasteiger partial charge in [0.2, 0.25) is 0 Å². The molecule has 0 aromatic carbocycles. The van der Waals surface area contributed by atoms with Gasteiger partial charge in [0.25, 0.3) is 10.0 Å². The molecule has 0 unspecified atom stereocenters. The third-order valence-corrected chi connectivity index (χ3v) is 7.65. The summed E-state index contributed by atoms with van der Waals surface area (Å²) in [5.74, 6) is -6.89. The standard InChI is InChI=1S/C12H18F6N2O5S2/c13-10(14,12(17,18)27(23,24)25)11(15,16)26(21,22)20-7-3-9(4-8-20)19-5-1-2-6-19/h9H,1-8H2,(H,23,24,25). The Labute approximate surface area is 152 Å². The van der Waals surface area contributed by atoms with Gasteiger partial charge in [-0.2, -0.15) is 39.1 Å². The Morgan fingerprint density at radius 3 is 1.63 bits per heavy atom. The van der Waals surface area contributed by atoms with Gasteiger partial charge in [-0.05, 0) is 38.8 Å². The SMILES string of the molecule is O=S(=O)(O)C(F)(F)C(F)(F)C(F)(F)S(=O)(=O)N1CCC(N2CCCC2)CC1. The molecule has 0 bridgehead atoms.